The molecule has 0 aliphatic carbocycles. The Kier molecular flexibility index (Phi) is 4.70. The van der Waals surface area contributed by atoms with Crippen molar-refractivity contribution in [2.45, 2.75) is 12.7 Å². The molecule has 0 unspecified atom stereocenters. The number of Topliss-reactive ketones (excluding diaryl/α,β-unsaturated/α-hetero) is 1. The monoisotopic (exact) mass is 363 g/mol. The number of alkyl halides is 3. The Labute approximate surface area is 145 Å². The lowest BCUT2D eigenvalue weighted by Gasteiger charge is -2.08. The lowest BCUT2D eigenvalue weighted by molar-refractivity contribution is -0.143. The van der Waals surface area contributed by atoms with E-state index in [2.05, 4.69) is 10.3 Å². The molecule has 0 aliphatic rings. The van der Waals surface area contributed by atoms with Gasteiger partial charge < -0.3 is 4.74 Å². The fourth-order valence-electron chi connectivity index (χ4n) is 2.30. The van der Waals surface area contributed by atoms with Crippen LogP contribution in [0.2, 0.25) is 0 Å². The Morgan fingerprint density at radius 3 is 2.62 bits per heavy atom. The van der Waals surface area contributed by atoms with Crippen LogP contribution in [-0.4, -0.2) is 33.4 Å². The Morgan fingerprint density at radius 2 is 1.85 bits per heavy atom. The Hall–Kier alpha value is -3.23. The smallest absolute Gasteiger partial charge is 0.416 e. The van der Waals surface area contributed by atoms with Gasteiger partial charge in [-0.05, 0) is 24.3 Å². The number of esters is 1. The zero-order valence-corrected chi connectivity index (χ0v) is 13.2. The number of ether oxygens (including phenoxy) is 1. The Bertz CT molecular complexity index is 966. The van der Waals surface area contributed by atoms with E-state index in [1.807, 2.05) is 0 Å². The van der Waals surface area contributed by atoms with E-state index in [0.717, 1.165) is 18.2 Å². The first-order valence-electron chi connectivity index (χ1n) is 7.49. The normalized spacial score (nSPS) is 11.5. The second kappa shape index (κ2) is 6.95. The molecule has 0 aliphatic heterocycles. The summed E-state index contributed by atoms with van der Waals surface area (Å²) in [5.41, 5.74) is 0.0941. The van der Waals surface area contributed by atoms with Gasteiger partial charge in [0.2, 0.25) is 0 Å². The maximum atomic E-state index is 12.7. The largest absolute Gasteiger partial charge is 0.456 e. The molecule has 0 spiro atoms. The van der Waals surface area contributed by atoms with Gasteiger partial charge in [0.15, 0.2) is 12.4 Å². The molecule has 0 fully saturated rings. The zero-order valence-electron chi connectivity index (χ0n) is 13.2. The van der Waals surface area contributed by atoms with Gasteiger partial charge in [0.05, 0.1) is 11.1 Å². The molecule has 0 atom stereocenters. The van der Waals surface area contributed by atoms with E-state index in [9.17, 15) is 22.8 Å². The van der Waals surface area contributed by atoms with E-state index in [0.29, 0.717) is 11.0 Å². The highest BCUT2D eigenvalue weighted by molar-refractivity contribution is 5.98. The number of carbonyl (C=O) groups is 2. The topological polar surface area (TPSA) is 74.1 Å². The molecule has 1 aromatic heterocycles. The SMILES string of the molecule is O=C(Cn1nnc2ccccc21)OCC(=O)c1cccc(C(F)(F)F)c1. The zero-order chi connectivity index (χ0) is 18.7. The molecule has 0 radical (unpaired) electrons. The number of para-hydroxylation sites is 1. The predicted octanol–water partition coefficient (Wildman–Crippen LogP) is 2.88. The van der Waals surface area contributed by atoms with E-state index in [4.69, 9.17) is 4.74 Å². The predicted molar refractivity (Wildman–Crippen MR) is 84.3 cm³/mol. The van der Waals surface area contributed by atoms with Gasteiger partial charge in [-0.3, -0.25) is 9.59 Å². The van der Waals surface area contributed by atoms with E-state index < -0.39 is 30.1 Å². The fraction of sp³-hybridized carbons (Fsp3) is 0.176. The molecule has 0 bridgehead atoms. The van der Waals surface area contributed by atoms with Crippen LogP contribution in [0.1, 0.15) is 15.9 Å². The lowest BCUT2D eigenvalue weighted by Crippen LogP contribution is -2.19. The van der Waals surface area contributed by atoms with E-state index in [-0.39, 0.29) is 12.1 Å². The van der Waals surface area contributed by atoms with E-state index >= 15 is 0 Å². The summed E-state index contributed by atoms with van der Waals surface area (Å²) in [5, 5.41) is 7.69. The second-order valence-corrected chi connectivity index (χ2v) is 5.40. The minimum atomic E-state index is -4.55. The number of hydrogen-bond donors (Lipinski definition) is 0. The standard InChI is InChI=1S/C17H12F3N3O3/c18-17(19,20)12-5-3-4-11(8-12)15(24)10-26-16(25)9-23-14-7-2-1-6-13(14)21-22-23/h1-8H,9-10H2. The molecule has 2 aromatic carbocycles. The molecular weight excluding hydrogens is 351 g/mol. The number of fused-ring (bicyclic) bond motifs is 1. The number of ketones is 1. The number of benzene rings is 2. The number of hydrogen-bond acceptors (Lipinski definition) is 5. The van der Waals surface area contributed by atoms with E-state index in [1.165, 1.54) is 10.7 Å². The van der Waals surface area contributed by atoms with Crippen LogP contribution in [0, 0.1) is 0 Å². The third-order valence-electron chi connectivity index (χ3n) is 3.58. The van der Waals surface area contributed by atoms with Crippen LogP contribution in [0.5, 0.6) is 0 Å². The van der Waals surface area contributed by atoms with Crippen molar-refractivity contribution in [3.05, 3.63) is 59.7 Å². The highest BCUT2D eigenvalue weighted by atomic mass is 19.4. The average molecular weight is 363 g/mol. The molecule has 1 heterocycles. The van der Waals surface area contributed by atoms with Crippen LogP contribution < -0.4 is 0 Å². The van der Waals surface area contributed by atoms with Crippen molar-refractivity contribution < 1.29 is 27.5 Å². The lowest BCUT2D eigenvalue weighted by atomic mass is 10.1. The number of carbonyl (C=O) groups excluding carboxylic acids is 2. The van der Waals surface area contributed by atoms with Crippen LogP contribution in [-0.2, 0) is 22.3 Å². The maximum absolute atomic E-state index is 12.7. The van der Waals surface area contributed by atoms with Crippen molar-refractivity contribution in [1.82, 2.24) is 15.0 Å². The fourth-order valence-corrected chi connectivity index (χ4v) is 2.30. The Balaban J connectivity index is 1.62. The number of halogens is 3. The van der Waals surface area contributed by atoms with Gasteiger partial charge in [-0.15, -0.1) is 5.10 Å². The van der Waals surface area contributed by atoms with Gasteiger partial charge in [-0.25, -0.2) is 4.68 Å². The molecule has 0 saturated carbocycles. The summed E-state index contributed by atoms with van der Waals surface area (Å²) in [6.45, 7) is -0.927. The van der Waals surface area contributed by atoms with Crippen LogP contribution >= 0.6 is 0 Å². The molecule has 3 rings (SSSR count). The van der Waals surface area contributed by atoms with Gasteiger partial charge in [0, 0.05) is 5.56 Å². The van der Waals surface area contributed by atoms with Crippen LogP contribution in [0.25, 0.3) is 11.0 Å². The quantitative estimate of drug-likeness (QED) is 0.515. The number of nitrogens with zero attached hydrogens (tertiary/aromatic N) is 3. The van der Waals surface area contributed by atoms with Crippen LogP contribution in [0.3, 0.4) is 0 Å². The van der Waals surface area contributed by atoms with Crippen molar-refractivity contribution >= 4 is 22.8 Å². The summed E-state index contributed by atoms with van der Waals surface area (Å²) in [5.74, 6) is -1.48. The van der Waals surface area contributed by atoms with Crippen molar-refractivity contribution in [1.29, 1.82) is 0 Å². The molecule has 0 N–H and O–H groups in total. The van der Waals surface area contributed by atoms with Gasteiger partial charge in [0.1, 0.15) is 12.1 Å². The van der Waals surface area contributed by atoms with Gasteiger partial charge in [-0.2, -0.15) is 13.2 Å². The first-order chi connectivity index (χ1) is 12.3. The highest BCUT2D eigenvalue weighted by Crippen LogP contribution is 2.29. The Morgan fingerprint density at radius 1 is 1.08 bits per heavy atom. The maximum Gasteiger partial charge on any atom is 0.416 e. The average Bonchev–Trinajstić information content (AvgIpc) is 3.02. The van der Waals surface area contributed by atoms with Crippen molar-refractivity contribution in [2.24, 2.45) is 0 Å². The van der Waals surface area contributed by atoms with Crippen LogP contribution in [0.4, 0.5) is 13.2 Å². The summed E-state index contributed by atoms with van der Waals surface area (Å²) in [6, 6.07) is 10.9. The van der Waals surface area contributed by atoms with Gasteiger partial charge in [0.25, 0.3) is 0 Å². The number of aromatic nitrogens is 3. The molecule has 0 saturated heterocycles. The molecule has 134 valence electrons. The molecule has 0 amide bonds. The summed E-state index contributed by atoms with van der Waals surface area (Å²) in [6.07, 6.45) is -4.55. The van der Waals surface area contributed by atoms with E-state index in [1.54, 1.807) is 24.3 Å². The first-order valence-corrected chi connectivity index (χ1v) is 7.49. The minimum absolute atomic E-state index is 0.182. The third kappa shape index (κ3) is 3.88. The third-order valence-corrected chi connectivity index (χ3v) is 3.58. The first kappa shape index (κ1) is 17.6. The highest BCUT2D eigenvalue weighted by Gasteiger charge is 2.30. The van der Waals surface area contributed by atoms with Crippen LogP contribution in [0.15, 0.2) is 48.5 Å². The molecule has 6 nitrogen and oxygen atoms in total. The van der Waals surface area contributed by atoms with Gasteiger partial charge >= 0.3 is 12.1 Å². The molecule has 9 heteroatoms. The van der Waals surface area contributed by atoms with Crippen molar-refractivity contribution in [3.8, 4) is 0 Å². The summed E-state index contributed by atoms with van der Waals surface area (Å²) < 4.78 is 44.2. The number of rotatable bonds is 5. The summed E-state index contributed by atoms with van der Waals surface area (Å²) in [7, 11) is 0. The van der Waals surface area contributed by atoms with Crippen molar-refractivity contribution in [3.63, 3.8) is 0 Å². The summed E-state index contributed by atoms with van der Waals surface area (Å²) in [4.78, 5) is 23.8. The molecule has 3 aromatic rings. The molecular formula is C17H12F3N3O3. The van der Waals surface area contributed by atoms with Gasteiger partial charge in [-0.1, -0.05) is 29.5 Å². The minimum Gasteiger partial charge on any atom is -0.456 e. The van der Waals surface area contributed by atoms with Crippen molar-refractivity contribution in [2.75, 3.05) is 6.61 Å². The second-order valence-electron chi connectivity index (χ2n) is 5.40. The molecule has 26 heavy (non-hydrogen) atoms. The summed E-state index contributed by atoms with van der Waals surface area (Å²) >= 11 is 0.